The molecule has 2 aromatic rings. The van der Waals surface area contributed by atoms with Crippen molar-refractivity contribution in [3.05, 3.63) is 24.3 Å². The minimum atomic E-state index is -0.656. The summed E-state index contributed by atoms with van der Waals surface area (Å²) in [4.78, 5) is 0. The van der Waals surface area contributed by atoms with Gasteiger partial charge in [-0.2, -0.15) is 0 Å². The zero-order valence-electron chi connectivity index (χ0n) is 12.8. The number of methoxy groups -OCH3 is 1. The smallest absolute Gasteiger partial charge is 0.191 e. The Kier molecular flexibility index (Phi) is 4.90. The molecule has 0 saturated carbocycles. The van der Waals surface area contributed by atoms with Crippen molar-refractivity contribution in [2.75, 3.05) is 12.9 Å². The van der Waals surface area contributed by atoms with Gasteiger partial charge in [-0.3, -0.25) is 0 Å². The molecule has 1 heterocycles. The lowest BCUT2D eigenvalue weighted by atomic mass is 10.1. The first-order valence-corrected chi connectivity index (χ1v) is 7.79. The fourth-order valence-corrected chi connectivity index (χ4v) is 3.06. The average molecular weight is 307 g/mol. The highest BCUT2D eigenvalue weighted by Gasteiger charge is 2.16. The number of nitrogens with zero attached hydrogens (tertiary/aromatic N) is 3. The van der Waals surface area contributed by atoms with E-state index in [0.29, 0.717) is 6.42 Å². The van der Waals surface area contributed by atoms with Gasteiger partial charge >= 0.3 is 0 Å². The van der Waals surface area contributed by atoms with Crippen molar-refractivity contribution in [1.29, 1.82) is 0 Å². The number of aromatic nitrogens is 3. The summed E-state index contributed by atoms with van der Waals surface area (Å²) in [6.45, 7) is 3.62. The molecular weight excluding hydrogens is 286 g/mol. The first-order chi connectivity index (χ1) is 9.92. The lowest BCUT2D eigenvalue weighted by molar-refractivity contribution is 0.0777. The van der Waals surface area contributed by atoms with Gasteiger partial charge < -0.3 is 14.4 Å². The zero-order valence-corrected chi connectivity index (χ0v) is 13.6. The number of para-hydroxylation sites is 1. The van der Waals surface area contributed by atoms with Crippen LogP contribution in [0.5, 0.6) is 5.75 Å². The van der Waals surface area contributed by atoms with Gasteiger partial charge in [0.1, 0.15) is 5.75 Å². The van der Waals surface area contributed by atoms with E-state index in [-0.39, 0.29) is 0 Å². The van der Waals surface area contributed by atoms with Crippen molar-refractivity contribution in [2.45, 2.75) is 31.0 Å². The van der Waals surface area contributed by atoms with E-state index in [1.807, 2.05) is 49.7 Å². The lowest BCUT2D eigenvalue weighted by Crippen LogP contribution is -2.19. The highest BCUT2D eigenvalue weighted by Crippen LogP contribution is 2.30. The standard InChI is InChI=1S/C15H21N3O2S/c1-15(2,19)9-10-21-14-17-16-13(18(14)3)11-7-5-6-8-12(11)20-4/h5-8,19H,9-10H2,1-4H3. The van der Waals surface area contributed by atoms with Crippen LogP contribution in [-0.2, 0) is 7.05 Å². The van der Waals surface area contributed by atoms with Crippen molar-refractivity contribution in [3.8, 4) is 17.1 Å². The number of rotatable bonds is 6. The molecular formula is C15H21N3O2S. The highest BCUT2D eigenvalue weighted by atomic mass is 32.2. The van der Waals surface area contributed by atoms with E-state index in [1.165, 1.54) is 0 Å². The summed E-state index contributed by atoms with van der Waals surface area (Å²) in [5.41, 5.74) is 0.265. The van der Waals surface area contributed by atoms with Crippen LogP contribution in [0.1, 0.15) is 20.3 Å². The molecule has 0 atom stereocenters. The normalized spacial score (nSPS) is 11.7. The number of benzene rings is 1. The number of aliphatic hydroxyl groups is 1. The van der Waals surface area contributed by atoms with E-state index in [0.717, 1.165) is 28.0 Å². The first-order valence-electron chi connectivity index (χ1n) is 6.80. The van der Waals surface area contributed by atoms with E-state index in [9.17, 15) is 5.11 Å². The third-order valence-corrected chi connectivity index (χ3v) is 4.15. The summed E-state index contributed by atoms with van der Waals surface area (Å²) >= 11 is 1.59. The zero-order chi connectivity index (χ0) is 15.5. The molecule has 1 aromatic carbocycles. The van der Waals surface area contributed by atoms with E-state index < -0.39 is 5.60 Å². The molecule has 21 heavy (non-hydrogen) atoms. The van der Waals surface area contributed by atoms with Crippen LogP contribution in [0.2, 0.25) is 0 Å². The quantitative estimate of drug-likeness (QED) is 0.832. The minimum Gasteiger partial charge on any atom is -0.496 e. The van der Waals surface area contributed by atoms with Gasteiger partial charge in [0.05, 0.1) is 18.3 Å². The molecule has 0 aliphatic rings. The maximum Gasteiger partial charge on any atom is 0.191 e. The molecule has 0 fully saturated rings. The number of hydrogen-bond acceptors (Lipinski definition) is 5. The Morgan fingerprint density at radius 1 is 1.29 bits per heavy atom. The van der Waals surface area contributed by atoms with Crippen LogP contribution in [-0.4, -0.2) is 38.3 Å². The van der Waals surface area contributed by atoms with Crippen molar-refractivity contribution in [1.82, 2.24) is 14.8 Å². The Bertz CT molecular complexity index is 605. The van der Waals surface area contributed by atoms with Crippen molar-refractivity contribution >= 4 is 11.8 Å². The molecule has 0 spiro atoms. The number of hydrogen-bond donors (Lipinski definition) is 1. The van der Waals surface area contributed by atoms with Gasteiger partial charge in [0.15, 0.2) is 11.0 Å². The van der Waals surface area contributed by atoms with Crippen LogP contribution in [0, 0.1) is 0 Å². The summed E-state index contributed by atoms with van der Waals surface area (Å²) in [5, 5.41) is 19.1. The minimum absolute atomic E-state index is 0.656. The predicted octanol–water partition coefficient (Wildman–Crippen LogP) is 2.74. The number of thioether (sulfide) groups is 1. The monoisotopic (exact) mass is 307 g/mol. The highest BCUT2D eigenvalue weighted by molar-refractivity contribution is 7.99. The molecule has 0 saturated heterocycles. The van der Waals surface area contributed by atoms with Gasteiger partial charge in [-0.05, 0) is 32.4 Å². The second-order valence-corrected chi connectivity index (χ2v) is 6.54. The maximum atomic E-state index is 9.74. The van der Waals surface area contributed by atoms with Crippen LogP contribution >= 0.6 is 11.8 Å². The van der Waals surface area contributed by atoms with Crippen LogP contribution < -0.4 is 4.74 Å². The summed E-state index contributed by atoms with van der Waals surface area (Å²) in [7, 11) is 3.59. The SMILES string of the molecule is COc1ccccc1-c1nnc(SCCC(C)(C)O)n1C. The topological polar surface area (TPSA) is 60.2 Å². The summed E-state index contributed by atoms with van der Waals surface area (Å²) < 4.78 is 7.32. The second-order valence-electron chi connectivity index (χ2n) is 5.48. The molecule has 6 heteroatoms. The third kappa shape index (κ3) is 3.98. The Hall–Kier alpha value is -1.53. The van der Waals surface area contributed by atoms with Gasteiger partial charge in [0.25, 0.3) is 0 Å². The fourth-order valence-electron chi connectivity index (χ4n) is 1.90. The average Bonchev–Trinajstić information content (AvgIpc) is 2.79. The maximum absolute atomic E-state index is 9.74. The molecule has 0 bridgehead atoms. The molecule has 114 valence electrons. The molecule has 0 aliphatic carbocycles. The van der Waals surface area contributed by atoms with Gasteiger partial charge in [0.2, 0.25) is 0 Å². The third-order valence-electron chi connectivity index (χ3n) is 3.13. The van der Waals surface area contributed by atoms with Gasteiger partial charge in [-0.15, -0.1) is 10.2 Å². The summed E-state index contributed by atoms with van der Waals surface area (Å²) in [6.07, 6.45) is 0.703. The van der Waals surface area contributed by atoms with Crippen LogP contribution in [0.4, 0.5) is 0 Å². The molecule has 0 amide bonds. The predicted molar refractivity (Wildman–Crippen MR) is 84.6 cm³/mol. The Morgan fingerprint density at radius 3 is 2.67 bits per heavy atom. The molecule has 5 nitrogen and oxygen atoms in total. The van der Waals surface area contributed by atoms with E-state index in [1.54, 1.807) is 18.9 Å². The molecule has 2 rings (SSSR count). The lowest BCUT2D eigenvalue weighted by Gasteiger charge is -2.15. The van der Waals surface area contributed by atoms with E-state index in [2.05, 4.69) is 10.2 Å². The van der Waals surface area contributed by atoms with Gasteiger partial charge in [0, 0.05) is 12.8 Å². The van der Waals surface area contributed by atoms with E-state index >= 15 is 0 Å². The van der Waals surface area contributed by atoms with Crippen LogP contribution in [0.15, 0.2) is 29.4 Å². The largest absolute Gasteiger partial charge is 0.496 e. The summed E-state index contributed by atoms with van der Waals surface area (Å²) in [6, 6.07) is 7.75. The summed E-state index contributed by atoms with van der Waals surface area (Å²) in [5.74, 6) is 2.35. The van der Waals surface area contributed by atoms with Crippen molar-refractivity contribution < 1.29 is 9.84 Å². The van der Waals surface area contributed by atoms with Crippen molar-refractivity contribution in [2.24, 2.45) is 7.05 Å². The second kappa shape index (κ2) is 6.49. The Balaban J connectivity index is 2.17. The van der Waals surface area contributed by atoms with Crippen molar-refractivity contribution in [3.63, 3.8) is 0 Å². The molecule has 1 N–H and O–H groups in total. The van der Waals surface area contributed by atoms with Gasteiger partial charge in [-0.25, -0.2) is 0 Å². The van der Waals surface area contributed by atoms with Gasteiger partial charge in [-0.1, -0.05) is 23.9 Å². The number of ether oxygens (including phenoxy) is 1. The van der Waals surface area contributed by atoms with Crippen LogP contribution in [0.3, 0.4) is 0 Å². The molecule has 1 aromatic heterocycles. The molecule has 0 aliphatic heterocycles. The van der Waals surface area contributed by atoms with Crippen LogP contribution in [0.25, 0.3) is 11.4 Å². The first kappa shape index (κ1) is 15.9. The Morgan fingerprint density at radius 2 is 2.00 bits per heavy atom. The molecule has 0 radical (unpaired) electrons. The molecule has 0 unspecified atom stereocenters. The van der Waals surface area contributed by atoms with E-state index in [4.69, 9.17) is 4.74 Å². The Labute approximate surface area is 129 Å². The fraction of sp³-hybridized carbons (Fsp3) is 0.467.